The number of aryl methyl sites for hydroxylation is 1. The Morgan fingerprint density at radius 3 is 2.39 bits per heavy atom. The maximum absolute atomic E-state index is 12.2. The second-order valence-corrected chi connectivity index (χ2v) is 6.24. The highest BCUT2D eigenvalue weighted by Gasteiger charge is 2.17. The Morgan fingerprint density at radius 1 is 1.17 bits per heavy atom. The molecule has 0 spiro atoms. The van der Waals surface area contributed by atoms with Gasteiger partial charge in [-0.05, 0) is 58.0 Å². The van der Waals surface area contributed by atoms with Crippen LogP contribution < -0.4 is 10.6 Å². The lowest BCUT2D eigenvalue weighted by Gasteiger charge is -2.20. The first-order valence-corrected chi connectivity index (χ1v) is 7.22. The molecule has 2 N–H and O–H groups in total. The summed E-state index contributed by atoms with van der Waals surface area (Å²) in [5.74, 6) is 0.0969. The number of nitriles is 1. The average molecular weight is 309 g/mol. The number of nitrogens with one attached hydrogen (secondary N) is 2. The normalized spacial score (nSPS) is 10.7. The molecule has 0 aliphatic heterocycles. The first kappa shape index (κ1) is 16.4. The van der Waals surface area contributed by atoms with Crippen LogP contribution in [-0.4, -0.2) is 21.4 Å². The zero-order chi connectivity index (χ0) is 17.0. The molecule has 1 heterocycles. The summed E-state index contributed by atoms with van der Waals surface area (Å²) in [5, 5.41) is 14.7. The summed E-state index contributed by atoms with van der Waals surface area (Å²) >= 11 is 0. The average Bonchev–Trinajstić information content (AvgIpc) is 2.45. The highest BCUT2D eigenvalue weighted by Crippen LogP contribution is 2.15. The maximum Gasteiger partial charge on any atom is 0.270 e. The second kappa shape index (κ2) is 6.44. The van der Waals surface area contributed by atoms with Gasteiger partial charge < -0.3 is 10.6 Å². The molecule has 0 radical (unpaired) electrons. The number of hydrogen-bond acceptors (Lipinski definition) is 5. The standard InChI is InChI=1S/C17H19N5O/c1-11-9-14(15(23)22-17(2,3)4)21-16(19-11)20-13-7-5-12(10-18)6-8-13/h5-9H,1-4H3,(H,22,23)(H,19,20,21). The van der Waals surface area contributed by atoms with Crippen LogP contribution in [0.3, 0.4) is 0 Å². The van der Waals surface area contributed by atoms with Crippen LogP contribution in [0.2, 0.25) is 0 Å². The summed E-state index contributed by atoms with van der Waals surface area (Å²) in [4.78, 5) is 20.8. The van der Waals surface area contributed by atoms with E-state index in [9.17, 15) is 4.79 Å². The topological polar surface area (TPSA) is 90.7 Å². The molecule has 118 valence electrons. The molecule has 1 amide bonds. The van der Waals surface area contributed by atoms with Crippen molar-refractivity contribution in [1.82, 2.24) is 15.3 Å². The van der Waals surface area contributed by atoms with Gasteiger partial charge in [-0.2, -0.15) is 5.26 Å². The minimum absolute atomic E-state index is 0.245. The highest BCUT2D eigenvalue weighted by molar-refractivity contribution is 5.93. The van der Waals surface area contributed by atoms with Gasteiger partial charge in [-0.25, -0.2) is 9.97 Å². The molecule has 23 heavy (non-hydrogen) atoms. The maximum atomic E-state index is 12.2. The quantitative estimate of drug-likeness (QED) is 0.909. The number of carbonyl (C=O) groups is 1. The first-order chi connectivity index (χ1) is 10.8. The third-order valence-electron chi connectivity index (χ3n) is 2.85. The fourth-order valence-corrected chi connectivity index (χ4v) is 1.90. The van der Waals surface area contributed by atoms with Crippen LogP contribution in [0, 0.1) is 18.3 Å². The zero-order valence-corrected chi connectivity index (χ0v) is 13.6. The molecular weight excluding hydrogens is 290 g/mol. The SMILES string of the molecule is Cc1cc(C(=O)NC(C)(C)C)nc(Nc2ccc(C#N)cc2)n1. The van der Waals surface area contributed by atoms with Gasteiger partial charge >= 0.3 is 0 Å². The third kappa shape index (κ3) is 4.78. The molecule has 1 aromatic heterocycles. The molecule has 0 saturated carbocycles. The molecule has 6 nitrogen and oxygen atoms in total. The summed E-state index contributed by atoms with van der Waals surface area (Å²) < 4.78 is 0. The molecule has 2 aromatic rings. The molecule has 2 rings (SSSR count). The van der Waals surface area contributed by atoms with Crippen LogP contribution >= 0.6 is 0 Å². The highest BCUT2D eigenvalue weighted by atomic mass is 16.2. The monoisotopic (exact) mass is 309 g/mol. The molecule has 0 aliphatic carbocycles. The summed E-state index contributed by atoms with van der Waals surface area (Å²) in [6.07, 6.45) is 0. The number of nitrogens with zero attached hydrogens (tertiary/aromatic N) is 3. The summed E-state index contributed by atoms with van der Waals surface area (Å²) in [5.41, 5.74) is 1.98. The van der Waals surface area contributed by atoms with Crippen molar-refractivity contribution in [3.05, 3.63) is 47.3 Å². The fraction of sp³-hybridized carbons (Fsp3) is 0.294. The Hall–Kier alpha value is -2.94. The van der Waals surface area contributed by atoms with E-state index in [0.717, 1.165) is 5.69 Å². The molecule has 0 fully saturated rings. The van der Waals surface area contributed by atoms with Gasteiger partial charge in [-0.3, -0.25) is 4.79 Å². The van der Waals surface area contributed by atoms with Gasteiger partial charge in [-0.15, -0.1) is 0 Å². The minimum Gasteiger partial charge on any atom is -0.346 e. The Balaban J connectivity index is 2.23. The molecule has 0 bridgehead atoms. The number of amides is 1. The van der Waals surface area contributed by atoms with Crippen molar-refractivity contribution in [2.24, 2.45) is 0 Å². The zero-order valence-electron chi connectivity index (χ0n) is 13.6. The van der Waals surface area contributed by atoms with E-state index >= 15 is 0 Å². The number of carbonyl (C=O) groups excluding carboxylic acids is 1. The number of benzene rings is 1. The lowest BCUT2D eigenvalue weighted by Crippen LogP contribution is -2.41. The molecule has 0 atom stereocenters. The fourth-order valence-electron chi connectivity index (χ4n) is 1.90. The Kier molecular flexibility index (Phi) is 4.60. The summed E-state index contributed by atoms with van der Waals surface area (Å²) in [7, 11) is 0. The van der Waals surface area contributed by atoms with Gasteiger partial charge in [0.1, 0.15) is 5.69 Å². The largest absolute Gasteiger partial charge is 0.346 e. The van der Waals surface area contributed by atoms with E-state index < -0.39 is 0 Å². The van der Waals surface area contributed by atoms with E-state index in [0.29, 0.717) is 22.9 Å². The number of anilines is 2. The van der Waals surface area contributed by atoms with Crippen molar-refractivity contribution >= 4 is 17.5 Å². The van der Waals surface area contributed by atoms with Crippen LogP contribution in [0.4, 0.5) is 11.6 Å². The molecule has 6 heteroatoms. The lowest BCUT2D eigenvalue weighted by molar-refractivity contribution is 0.0914. The predicted molar refractivity (Wildman–Crippen MR) is 88.4 cm³/mol. The van der Waals surface area contributed by atoms with E-state index in [1.807, 2.05) is 20.8 Å². The van der Waals surface area contributed by atoms with Gasteiger partial charge in [0.2, 0.25) is 5.95 Å². The van der Waals surface area contributed by atoms with Crippen molar-refractivity contribution in [3.8, 4) is 6.07 Å². The van der Waals surface area contributed by atoms with E-state index in [1.165, 1.54) is 0 Å². The molecular formula is C17H19N5O. The molecule has 0 saturated heterocycles. The molecule has 0 aliphatic rings. The van der Waals surface area contributed by atoms with Gasteiger partial charge in [0, 0.05) is 16.9 Å². The smallest absolute Gasteiger partial charge is 0.270 e. The number of aromatic nitrogens is 2. The predicted octanol–water partition coefficient (Wildman–Crippen LogP) is 2.93. The Labute approximate surface area is 135 Å². The van der Waals surface area contributed by atoms with Gasteiger partial charge in [0.05, 0.1) is 11.6 Å². The number of hydrogen-bond donors (Lipinski definition) is 2. The lowest BCUT2D eigenvalue weighted by atomic mass is 10.1. The Morgan fingerprint density at radius 2 is 1.83 bits per heavy atom. The van der Waals surface area contributed by atoms with Crippen LogP contribution in [0.1, 0.15) is 42.5 Å². The number of rotatable bonds is 3. The van der Waals surface area contributed by atoms with Crippen molar-refractivity contribution in [1.29, 1.82) is 5.26 Å². The first-order valence-electron chi connectivity index (χ1n) is 7.22. The van der Waals surface area contributed by atoms with Crippen molar-refractivity contribution < 1.29 is 4.79 Å². The van der Waals surface area contributed by atoms with Crippen LogP contribution in [0.25, 0.3) is 0 Å². The van der Waals surface area contributed by atoms with Crippen LogP contribution in [-0.2, 0) is 0 Å². The molecule has 0 unspecified atom stereocenters. The summed E-state index contributed by atoms with van der Waals surface area (Å²) in [6, 6.07) is 10.6. The van der Waals surface area contributed by atoms with E-state index in [2.05, 4.69) is 26.7 Å². The van der Waals surface area contributed by atoms with E-state index in [-0.39, 0.29) is 11.4 Å². The van der Waals surface area contributed by atoms with E-state index in [4.69, 9.17) is 5.26 Å². The third-order valence-corrected chi connectivity index (χ3v) is 2.85. The van der Waals surface area contributed by atoms with Gasteiger partial charge in [0.15, 0.2) is 0 Å². The van der Waals surface area contributed by atoms with Crippen molar-refractivity contribution in [2.45, 2.75) is 33.2 Å². The van der Waals surface area contributed by atoms with Crippen molar-refractivity contribution in [2.75, 3.05) is 5.32 Å². The van der Waals surface area contributed by atoms with Gasteiger partial charge in [-0.1, -0.05) is 0 Å². The van der Waals surface area contributed by atoms with Crippen LogP contribution in [0.5, 0.6) is 0 Å². The summed E-state index contributed by atoms with van der Waals surface area (Å²) in [6.45, 7) is 7.54. The second-order valence-electron chi connectivity index (χ2n) is 6.24. The van der Waals surface area contributed by atoms with E-state index in [1.54, 1.807) is 37.3 Å². The van der Waals surface area contributed by atoms with Gasteiger partial charge in [0.25, 0.3) is 5.91 Å². The molecule has 1 aromatic carbocycles. The van der Waals surface area contributed by atoms with Crippen LogP contribution in [0.15, 0.2) is 30.3 Å². The Bertz CT molecular complexity index is 754. The minimum atomic E-state index is -0.337. The van der Waals surface area contributed by atoms with Crippen molar-refractivity contribution in [3.63, 3.8) is 0 Å².